The van der Waals surface area contributed by atoms with Crippen molar-refractivity contribution in [3.63, 3.8) is 0 Å². The van der Waals surface area contributed by atoms with E-state index in [0.717, 1.165) is 38.1 Å². The van der Waals surface area contributed by atoms with Crippen LogP contribution in [0.5, 0.6) is 0 Å². The Morgan fingerprint density at radius 1 is 1.43 bits per heavy atom. The van der Waals surface area contributed by atoms with Crippen molar-refractivity contribution >= 4 is 11.3 Å². The van der Waals surface area contributed by atoms with Crippen molar-refractivity contribution in [2.75, 3.05) is 0 Å². The van der Waals surface area contributed by atoms with E-state index in [1.807, 2.05) is 16.0 Å². The van der Waals surface area contributed by atoms with E-state index in [2.05, 4.69) is 46.9 Å². The fraction of sp³-hybridized carbons (Fsp3) is 0.600. The zero-order valence-corrected chi connectivity index (χ0v) is 13.6. The minimum absolute atomic E-state index is 0.250. The second kappa shape index (κ2) is 8.26. The van der Waals surface area contributed by atoms with Crippen LogP contribution in [0.3, 0.4) is 0 Å². The Labute approximate surface area is 130 Å². The quantitative estimate of drug-likeness (QED) is 0.551. The molecule has 2 rings (SSSR count). The van der Waals surface area contributed by atoms with Crippen molar-refractivity contribution in [2.45, 2.75) is 52.1 Å². The predicted octanol–water partition coefficient (Wildman–Crippen LogP) is 2.39. The molecule has 0 aliphatic rings. The molecule has 0 saturated heterocycles. The van der Waals surface area contributed by atoms with Gasteiger partial charge in [0.2, 0.25) is 0 Å². The average molecular weight is 307 g/mol. The number of thiophene rings is 1. The van der Waals surface area contributed by atoms with Gasteiger partial charge in [-0.1, -0.05) is 19.9 Å². The van der Waals surface area contributed by atoms with Gasteiger partial charge in [-0.2, -0.15) is 5.10 Å². The number of rotatable bonds is 9. The van der Waals surface area contributed by atoms with Crippen LogP contribution >= 0.6 is 11.3 Å². The number of nitrogens with one attached hydrogen (secondary N) is 1. The summed E-state index contributed by atoms with van der Waals surface area (Å²) in [6.07, 6.45) is 5.76. The van der Waals surface area contributed by atoms with Crippen LogP contribution in [0.4, 0.5) is 0 Å². The molecule has 0 aliphatic carbocycles. The topological polar surface area (TPSA) is 68.8 Å². The summed E-state index contributed by atoms with van der Waals surface area (Å²) in [5, 5.41) is 6.43. The second-order valence-corrected chi connectivity index (χ2v) is 6.82. The van der Waals surface area contributed by atoms with Crippen molar-refractivity contribution in [1.29, 1.82) is 0 Å². The van der Waals surface area contributed by atoms with E-state index in [4.69, 9.17) is 5.84 Å². The summed E-state index contributed by atoms with van der Waals surface area (Å²) in [6.45, 7) is 5.28. The maximum atomic E-state index is 5.70. The molecule has 2 aromatic heterocycles. The van der Waals surface area contributed by atoms with Gasteiger partial charge in [0.15, 0.2) is 0 Å². The van der Waals surface area contributed by atoms with E-state index in [1.165, 1.54) is 4.88 Å². The largest absolute Gasteiger partial charge is 0.271 e. The van der Waals surface area contributed by atoms with Crippen molar-refractivity contribution < 1.29 is 0 Å². The van der Waals surface area contributed by atoms with Crippen LogP contribution in [0.15, 0.2) is 23.8 Å². The van der Waals surface area contributed by atoms with Crippen LogP contribution in [-0.4, -0.2) is 20.8 Å². The smallest absolute Gasteiger partial charge is 0.138 e. The minimum atomic E-state index is 0.250. The monoisotopic (exact) mass is 307 g/mol. The molecule has 2 heterocycles. The Morgan fingerprint density at radius 3 is 2.95 bits per heavy atom. The molecule has 116 valence electrons. The van der Waals surface area contributed by atoms with Gasteiger partial charge < -0.3 is 0 Å². The highest BCUT2D eigenvalue weighted by atomic mass is 32.1. The number of nitrogens with zero attached hydrogens (tertiary/aromatic N) is 3. The molecule has 5 nitrogen and oxygen atoms in total. The minimum Gasteiger partial charge on any atom is -0.271 e. The molecule has 0 aliphatic heterocycles. The highest BCUT2D eigenvalue weighted by molar-refractivity contribution is 7.09. The molecule has 6 heteroatoms. The first-order chi connectivity index (χ1) is 10.2. The summed E-state index contributed by atoms with van der Waals surface area (Å²) in [5.41, 5.74) is 2.92. The fourth-order valence-corrected chi connectivity index (χ4v) is 3.14. The lowest BCUT2D eigenvalue weighted by Crippen LogP contribution is -2.37. The van der Waals surface area contributed by atoms with Gasteiger partial charge in [0.1, 0.15) is 12.2 Å². The van der Waals surface area contributed by atoms with Crippen molar-refractivity contribution in [1.82, 2.24) is 20.2 Å². The molecular weight excluding hydrogens is 282 g/mol. The number of hydrazine groups is 1. The van der Waals surface area contributed by atoms with E-state index in [1.54, 1.807) is 6.33 Å². The third-order valence-corrected chi connectivity index (χ3v) is 4.39. The highest BCUT2D eigenvalue weighted by Crippen LogP contribution is 2.14. The molecule has 0 spiro atoms. The van der Waals surface area contributed by atoms with Gasteiger partial charge in [0.05, 0.1) is 0 Å². The molecule has 0 radical (unpaired) electrons. The average Bonchev–Trinajstić information content (AvgIpc) is 3.09. The summed E-state index contributed by atoms with van der Waals surface area (Å²) >= 11 is 1.82. The van der Waals surface area contributed by atoms with E-state index in [-0.39, 0.29) is 6.04 Å². The summed E-state index contributed by atoms with van der Waals surface area (Å²) in [6, 6.07) is 4.54. The molecule has 1 atom stereocenters. The van der Waals surface area contributed by atoms with Gasteiger partial charge in [-0.3, -0.25) is 11.3 Å². The van der Waals surface area contributed by atoms with Crippen LogP contribution in [-0.2, 0) is 19.4 Å². The Morgan fingerprint density at radius 2 is 2.29 bits per heavy atom. The molecule has 2 aromatic rings. The molecule has 3 N–H and O–H groups in total. The van der Waals surface area contributed by atoms with Crippen molar-refractivity contribution in [3.8, 4) is 0 Å². The molecule has 0 amide bonds. The lowest BCUT2D eigenvalue weighted by molar-refractivity contribution is 0.427. The zero-order valence-electron chi connectivity index (χ0n) is 12.8. The van der Waals surface area contributed by atoms with Crippen LogP contribution in [0.25, 0.3) is 0 Å². The summed E-state index contributed by atoms with van der Waals surface area (Å²) in [7, 11) is 0. The first kappa shape index (κ1) is 16.1. The van der Waals surface area contributed by atoms with Gasteiger partial charge in [-0.05, 0) is 36.6 Å². The summed E-state index contributed by atoms with van der Waals surface area (Å²) in [5.74, 6) is 7.28. The number of nitrogens with two attached hydrogens (primary N) is 1. The summed E-state index contributed by atoms with van der Waals surface area (Å²) < 4.78 is 1.99. The summed E-state index contributed by atoms with van der Waals surface area (Å²) in [4.78, 5) is 5.81. The van der Waals surface area contributed by atoms with Gasteiger partial charge in [0.25, 0.3) is 0 Å². The molecule has 0 fully saturated rings. The number of aromatic nitrogens is 3. The van der Waals surface area contributed by atoms with E-state index in [0.29, 0.717) is 5.92 Å². The third-order valence-electron chi connectivity index (χ3n) is 3.45. The predicted molar refractivity (Wildman–Crippen MR) is 86.9 cm³/mol. The number of hydrogen-bond acceptors (Lipinski definition) is 5. The van der Waals surface area contributed by atoms with Crippen LogP contribution < -0.4 is 11.3 Å². The Balaban J connectivity index is 1.82. The van der Waals surface area contributed by atoms with Crippen molar-refractivity contribution in [3.05, 3.63) is 34.5 Å². The first-order valence-corrected chi connectivity index (χ1v) is 8.42. The Kier molecular flexibility index (Phi) is 6.35. The van der Waals surface area contributed by atoms with Crippen LogP contribution in [0.1, 0.15) is 37.4 Å². The van der Waals surface area contributed by atoms with E-state index >= 15 is 0 Å². The Bertz CT molecular complexity index is 506. The van der Waals surface area contributed by atoms with Crippen LogP contribution in [0, 0.1) is 5.92 Å². The SMILES string of the molecule is CC(C)Cn1ncnc1CC(CCCc1cccs1)NN. The van der Waals surface area contributed by atoms with Crippen LogP contribution in [0.2, 0.25) is 0 Å². The Hall–Kier alpha value is -1.24. The third kappa shape index (κ3) is 5.22. The lowest BCUT2D eigenvalue weighted by Gasteiger charge is -2.16. The molecule has 0 saturated carbocycles. The van der Waals surface area contributed by atoms with Gasteiger partial charge >= 0.3 is 0 Å². The maximum absolute atomic E-state index is 5.70. The standard InChI is InChI=1S/C15H25N5S/c1-12(2)10-20-15(17-11-18-20)9-13(19-16)5-3-6-14-7-4-8-21-14/h4,7-8,11-13,19H,3,5-6,9-10,16H2,1-2H3. The highest BCUT2D eigenvalue weighted by Gasteiger charge is 2.13. The number of hydrogen-bond donors (Lipinski definition) is 2. The van der Waals surface area contributed by atoms with Gasteiger partial charge in [-0.25, -0.2) is 9.67 Å². The van der Waals surface area contributed by atoms with Crippen molar-refractivity contribution in [2.24, 2.45) is 11.8 Å². The lowest BCUT2D eigenvalue weighted by atomic mass is 10.1. The first-order valence-electron chi connectivity index (χ1n) is 7.54. The van der Waals surface area contributed by atoms with Gasteiger partial charge in [0, 0.05) is 23.9 Å². The fourth-order valence-electron chi connectivity index (χ4n) is 2.39. The zero-order chi connectivity index (χ0) is 15.1. The number of aryl methyl sites for hydroxylation is 1. The normalized spacial score (nSPS) is 13.0. The maximum Gasteiger partial charge on any atom is 0.138 e. The molecule has 21 heavy (non-hydrogen) atoms. The molecular formula is C15H25N5S. The van der Waals surface area contributed by atoms with E-state index < -0.39 is 0 Å². The second-order valence-electron chi connectivity index (χ2n) is 5.79. The molecule has 0 aromatic carbocycles. The van der Waals surface area contributed by atoms with E-state index in [9.17, 15) is 0 Å². The molecule has 1 unspecified atom stereocenters. The van der Waals surface area contributed by atoms with Gasteiger partial charge in [-0.15, -0.1) is 11.3 Å². The molecule has 0 bridgehead atoms.